The highest BCUT2D eigenvalue weighted by atomic mass is 32.2. The van der Waals surface area contributed by atoms with Gasteiger partial charge in [-0.3, -0.25) is 4.98 Å². The first-order valence-corrected chi connectivity index (χ1v) is 8.76. The number of aromatic nitrogens is 4. The Hall–Kier alpha value is -1.43. The van der Waals surface area contributed by atoms with Crippen LogP contribution in [0.25, 0.3) is 0 Å². The lowest BCUT2D eigenvalue weighted by atomic mass is 9.87. The summed E-state index contributed by atoms with van der Waals surface area (Å²) in [5.41, 5.74) is 0.870. The highest BCUT2D eigenvalue weighted by molar-refractivity contribution is 7.98. The third-order valence-electron chi connectivity index (χ3n) is 4.24. The number of hydrogen-bond donors (Lipinski definition) is 0. The fraction of sp³-hybridized carbons (Fsp3) is 0.562. The fourth-order valence-electron chi connectivity index (χ4n) is 3.19. The van der Waals surface area contributed by atoms with Crippen LogP contribution < -0.4 is 0 Å². The standard InChI is InChI=1S/C16H21FN4S/c1-11-4-3-5-15(6-11)21-12(2)19-20-16(21)22-10-13-7-14(17)9-18-8-13/h7-9,11,15H,3-6,10H2,1-2H3/t11-,15+/m0/s1. The van der Waals surface area contributed by atoms with E-state index in [9.17, 15) is 4.39 Å². The fourth-order valence-corrected chi connectivity index (χ4v) is 4.16. The molecular formula is C16H21FN4S. The Bertz CT molecular complexity index is 643. The van der Waals surface area contributed by atoms with Crippen LogP contribution in [0.15, 0.2) is 23.6 Å². The van der Waals surface area contributed by atoms with Gasteiger partial charge in [-0.1, -0.05) is 31.5 Å². The van der Waals surface area contributed by atoms with Crippen LogP contribution in [-0.4, -0.2) is 19.7 Å². The van der Waals surface area contributed by atoms with Crippen LogP contribution in [-0.2, 0) is 5.75 Å². The lowest BCUT2D eigenvalue weighted by Crippen LogP contribution is -2.19. The highest BCUT2D eigenvalue weighted by Crippen LogP contribution is 2.35. The smallest absolute Gasteiger partial charge is 0.191 e. The zero-order chi connectivity index (χ0) is 15.5. The molecule has 2 atom stereocenters. The zero-order valence-electron chi connectivity index (χ0n) is 13.0. The van der Waals surface area contributed by atoms with Crippen LogP contribution in [0.3, 0.4) is 0 Å². The maximum absolute atomic E-state index is 13.2. The Morgan fingerprint density at radius 3 is 2.95 bits per heavy atom. The molecule has 0 saturated heterocycles. The minimum atomic E-state index is -0.295. The average molecular weight is 320 g/mol. The van der Waals surface area contributed by atoms with Crippen molar-refractivity contribution in [2.24, 2.45) is 5.92 Å². The molecule has 0 aromatic carbocycles. The van der Waals surface area contributed by atoms with Crippen molar-refractivity contribution in [3.63, 3.8) is 0 Å². The van der Waals surface area contributed by atoms with E-state index in [0.29, 0.717) is 11.8 Å². The first-order valence-electron chi connectivity index (χ1n) is 7.77. The third-order valence-corrected chi connectivity index (χ3v) is 5.25. The lowest BCUT2D eigenvalue weighted by Gasteiger charge is -2.29. The zero-order valence-corrected chi connectivity index (χ0v) is 13.8. The van der Waals surface area contributed by atoms with E-state index in [-0.39, 0.29) is 5.82 Å². The van der Waals surface area contributed by atoms with E-state index < -0.39 is 0 Å². The summed E-state index contributed by atoms with van der Waals surface area (Å²) in [6, 6.07) is 2.02. The molecule has 2 heterocycles. The molecular weight excluding hydrogens is 299 g/mol. The van der Waals surface area contributed by atoms with Gasteiger partial charge in [0, 0.05) is 18.0 Å². The minimum absolute atomic E-state index is 0.295. The van der Waals surface area contributed by atoms with E-state index in [1.165, 1.54) is 37.9 Å². The SMILES string of the molecule is Cc1nnc(SCc2cncc(F)c2)n1[C@@H]1CCC[C@H](C)C1. The summed E-state index contributed by atoms with van der Waals surface area (Å²) in [4.78, 5) is 3.89. The van der Waals surface area contributed by atoms with E-state index >= 15 is 0 Å². The topological polar surface area (TPSA) is 43.6 Å². The van der Waals surface area contributed by atoms with Gasteiger partial charge in [-0.25, -0.2) is 4.39 Å². The Kier molecular flexibility index (Phi) is 4.76. The molecule has 3 rings (SSSR count). The highest BCUT2D eigenvalue weighted by Gasteiger charge is 2.24. The first-order chi connectivity index (χ1) is 10.6. The Balaban J connectivity index is 1.74. The Morgan fingerprint density at radius 2 is 2.18 bits per heavy atom. The minimum Gasteiger partial charge on any atom is -0.303 e. The van der Waals surface area contributed by atoms with Crippen LogP contribution in [0.1, 0.15) is 50.0 Å². The second-order valence-corrected chi connectivity index (χ2v) is 7.07. The van der Waals surface area contributed by atoms with Crippen LogP contribution >= 0.6 is 11.8 Å². The summed E-state index contributed by atoms with van der Waals surface area (Å²) in [5.74, 6) is 2.09. The maximum Gasteiger partial charge on any atom is 0.191 e. The van der Waals surface area contributed by atoms with Crippen molar-refractivity contribution in [3.05, 3.63) is 35.7 Å². The number of pyridine rings is 1. The van der Waals surface area contributed by atoms with Crippen molar-refractivity contribution in [2.75, 3.05) is 0 Å². The summed E-state index contributed by atoms with van der Waals surface area (Å²) in [5, 5.41) is 9.50. The molecule has 2 aromatic rings. The first kappa shape index (κ1) is 15.5. The molecule has 0 spiro atoms. The number of rotatable bonds is 4. The molecule has 1 fully saturated rings. The largest absolute Gasteiger partial charge is 0.303 e. The molecule has 4 nitrogen and oxygen atoms in total. The van der Waals surface area contributed by atoms with Gasteiger partial charge in [0.05, 0.1) is 6.20 Å². The molecule has 2 aromatic heterocycles. The number of hydrogen-bond acceptors (Lipinski definition) is 4. The van der Waals surface area contributed by atoms with Gasteiger partial charge in [-0.2, -0.15) is 0 Å². The Morgan fingerprint density at radius 1 is 1.32 bits per heavy atom. The van der Waals surface area contributed by atoms with E-state index in [0.717, 1.165) is 22.5 Å². The molecule has 1 aliphatic rings. The summed E-state index contributed by atoms with van der Waals surface area (Å²) < 4.78 is 15.5. The van der Waals surface area contributed by atoms with Crippen LogP contribution in [0.5, 0.6) is 0 Å². The van der Waals surface area contributed by atoms with E-state index in [4.69, 9.17) is 0 Å². The normalized spacial score (nSPS) is 22.0. The van der Waals surface area contributed by atoms with Gasteiger partial charge in [0.25, 0.3) is 0 Å². The Labute approximate surface area is 134 Å². The molecule has 22 heavy (non-hydrogen) atoms. The number of nitrogens with zero attached hydrogens (tertiary/aromatic N) is 4. The summed E-state index contributed by atoms with van der Waals surface area (Å²) in [6.45, 7) is 4.33. The van der Waals surface area contributed by atoms with Crippen LogP contribution in [0.2, 0.25) is 0 Å². The third kappa shape index (κ3) is 3.48. The van der Waals surface area contributed by atoms with Gasteiger partial charge in [-0.05, 0) is 37.3 Å². The molecule has 0 aliphatic heterocycles. The molecule has 0 radical (unpaired) electrons. The quantitative estimate of drug-likeness (QED) is 0.793. The van der Waals surface area contributed by atoms with Gasteiger partial charge in [0.1, 0.15) is 11.6 Å². The molecule has 0 N–H and O–H groups in total. The number of aryl methyl sites for hydroxylation is 1. The molecule has 118 valence electrons. The average Bonchev–Trinajstić information content (AvgIpc) is 2.86. The van der Waals surface area contributed by atoms with Crippen molar-refractivity contribution in [1.29, 1.82) is 0 Å². The molecule has 0 unspecified atom stereocenters. The van der Waals surface area contributed by atoms with Crippen molar-refractivity contribution in [3.8, 4) is 0 Å². The summed E-state index contributed by atoms with van der Waals surface area (Å²) in [7, 11) is 0. The van der Waals surface area contributed by atoms with Gasteiger partial charge in [0.2, 0.25) is 0 Å². The van der Waals surface area contributed by atoms with Crippen molar-refractivity contribution < 1.29 is 4.39 Å². The molecule has 6 heteroatoms. The molecule has 0 bridgehead atoms. The van der Waals surface area contributed by atoms with Gasteiger partial charge >= 0.3 is 0 Å². The molecule has 0 amide bonds. The molecule has 1 aliphatic carbocycles. The second-order valence-electron chi connectivity index (χ2n) is 6.13. The predicted octanol–water partition coefficient (Wildman–Crippen LogP) is 4.16. The summed E-state index contributed by atoms with van der Waals surface area (Å²) in [6.07, 6.45) is 7.89. The van der Waals surface area contributed by atoms with E-state index in [1.807, 2.05) is 6.92 Å². The van der Waals surface area contributed by atoms with Gasteiger partial charge in [-0.15, -0.1) is 10.2 Å². The van der Waals surface area contributed by atoms with Crippen molar-refractivity contribution in [1.82, 2.24) is 19.7 Å². The van der Waals surface area contributed by atoms with Crippen LogP contribution in [0, 0.1) is 18.7 Å². The molecule has 1 saturated carbocycles. The van der Waals surface area contributed by atoms with E-state index in [2.05, 4.69) is 26.7 Å². The number of halogens is 1. The second kappa shape index (κ2) is 6.77. The monoisotopic (exact) mass is 320 g/mol. The predicted molar refractivity (Wildman–Crippen MR) is 85.2 cm³/mol. The summed E-state index contributed by atoms with van der Waals surface area (Å²) >= 11 is 1.61. The maximum atomic E-state index is 13.2. The van der Waals surface area contributed by atoms with Crippen LogP contribution in [0.4, 0.5) is 4.39 Å². The number of thioether (sulfide) groups is 1. The van der Waals surface area contributed by atoms with Gasteiger partial charge < -0.3 is 4.57 Å². The van der Waals surface area contributed by atoms with Crippen molar-refractivity contribution in [2.45, 2.75) is 56.5 Å². The van der Waals surface area contributed by atoms with Crippen molar-refractivity contribution >= 4 is 11.8 Å². The van der Waals surface area contributed by atoms with E-state index in [1.54, 1.807) is 18.0 Å². The van der Waals surface area contributed by atoms with Gasteiger partial charge in [0.15, 0.2) is 5.16 Å². The lowest BCUT2D eigenvalue weighted by molar-refractivity contribution is 0.268.